The molecule has 21 heavy (non-hydrogen) atoms. The third-order valence-electron chi connectivity index (χ3n) is 3.35. The van der Waals surface area contributed by atoms with Crippen molar-refractivity contribution >= 4 is 38.9 Å². The van der Waals surface area contributed by atoms with Crippen molar-refractivity contribution in [1.29, 1.82) is 0 Å². The van der Waals surface area contributed by atoms with Gasteiger partial charge in [-0.2, -0.15) is 0 Å². The number of rotatable bonds is 3. The van der Waals surface area contributed by atoms with Gasteiger partial charge in [0.25, 0.3) is 0 Å². The van der Waals surface area contributed by atoms with Crippen LogP contribution in [0.2, 0.25) is 5.02 Å². The molecule has 0 aliphatic rings. The maximum absolute atomic E-state index is 12.5. The van der Waals surface area contributed by atoms with Gasteiger partial charge in [0, 0.05) is 15.6 Å². The van der Waals surface area contributed by atoms with Crippen molar-refractivity contribution in [3.63, 3.8) is 0 Å². The smallest absolute Gasteiger partial charge is 0.0574 e. The van der Waals surface area contributed by atoms with Crippen LogP contribution in [-0.4, -0.2) is 4.21 Å². The number of anilines is 1. The zero-order chi connectivity index (χ0) is 14.8. The van der Waals surface area contributed by atoms with Gasteiger partial charge in [0.05, 0.1) is 16.6 Å². The van der Waals surface area contributed by atoms with Gasteiger partial charge in [0.2, 0.25) is 0 Å². The summed E-state index contributed by atoms with van der Waals surface area (Å²) in [6.45, 7) is 0. The van der Waals surface area contributed by atoms with E-state index in [4.69, 9.17) is 17.3 Å². The van der Waals surface area contributed by atoms with E-state index in [9.17, 15) is 4.21 Å². The molecular formula is C17H14ClNOS. The maximum atomic E-state index is 12.5. The summed E-state index contributed by atoms with van der Waals surface area (Å²) < 4.78 is 12.5. The molecule has 0 spiro atoms. The Morgan fingerprint density at radius 1 is 0.952 bits per heavy atom. The van der Waals surface area contributed by atoms with E-state index in [0.717, 1.165) is 21.2 Å². The molecule has 0 fully saturated rings. The van der Waals surface area contributed by atoms with Crippen LogP contribution in [0.1, 0.15) is 5.56 Å². The predicted molar refractivity (Wildman–Crippen MR) is 89.9 cm³/mol. The molecule has 0 aliphatic heterocycles. The molecule has 0 bridgehead atoms. The van der Waals surface area contributed by atoms with Crippen molar-refractivity contribution in [2.45, 2.75) is 10.6 Å². The quantitative estimate of drug-likeness (QED) is 0.729. The van der Waals surface area contributed by atoms with Gasteiger partial charge >= 0.3 is 0 Å². The summed E-state index contributed by atoms with van der Waals surface area (Å²) in [5, 5.41) is 2.79. The average Bonchev–Trinajstić information content (AvgIpc) is 2.49. The monoisotopic (exact) mass is 315 g/mol. The molecule has 3 aromatic rings. The molecule has 106 valence electrons. The molecule has 2 N–H and O–H groups in total. The summed E-state index contributed by atoms with van der Waals surface area (Å²) in [5.41, 5.74) is 7.13. The Balaban J connectivity index is 1.89. The Morgan fingerprint density at radius 3 is 2.48 bits per heavy atom. The molecule has 0 saturated heterocycles. The highest BCUT2D eigenvalue weighted by molar-refractivity contribution is 7.84. The first-order valence-corrected chi connectivity index (χ1v) is 8.24. The topological polar surface area (TPSA) is 43.1 Å². The lowest BCUT2D eigenvalue weighted by molar-refractivity contribution is 0.682. The van der Waals surface area contributed by atoms with Crippen LogP contribution in [0.15, 0.2) is 65.6 Å². The van der Waals surface area contributed by atoms with E-state index in [1.165, 1.54) is 0 Å². The Morgan fingerprint density at radius 2 is 1.71 bits per heavy atom. The number of halogens is 1. The van der Waals surface area contributed by atoms with Crippen molar-refractivity contribution < 1.29 is 4.21 Å². The van der Waals surface area contributed by atoms with Gasteiger partial charge in [-0.3, -0.25) is 4.21 Å². The van der Waals surface area contributed by atoms with E-state index < -0.39 is 10.8 Å². The van der Waals surface area contributed by atoms with Crippen LogP contribution >= 0.6 is 11.6 Å². The van der Waals surface area contributed by atoms with Gasteiger partial charge in [0.15, 0.2) is 0 Å². The van der Waals surface area contributed by atoms with E-state index in [1.54, 1.807) is 12.1 Å². The highest BCUT2D eigenvalue weighted by Gasteiger charge is 2.09. The number of fused-ring (bicyclic) bond motifs is 1. The van der Waals surface area contributed by atoms with Gasteiger partial charge in [-0.1, -0.05) is 48.0 Å². The molecule has 0 heterocycles. The molecule has 0 radical (unpaired) electrons. The van der Waals surface area contributed by atoms with Crippen LogP contribution in [0.4, 0.5) is 5.69 Å². The molecule has 2 nitrogen and oxygen atoms in total. The molecule has 0 aromatic heterocycles. The fourth-order valence-corrected chi connectivity index (χ4v) is 3.73. The lowest BCUT2D eigenvalue weighted by atomic mass is 10.1. The summed E-state index contributed by atoms with van der Waals surface area (Å²) in [5.74, 6) is 0.386. The zero-order valence-corrected chi connectivity index (χ0v) is 12.8. The standard InChI is InChI=1S/C17H14ClNOS/c18-17-10-15(19)7-5-14(17)11-21(20)16-8-6-12-3-1-2-4-13(12)9-16/h1-10H,11,19H2. The van der Waals surface area contributed by atoms with Crippen molar-refractivity contribution in [1.82, 2.24) is 0 Å². The summed E-state index contributed by atoms with van der Waals surface area (Å²) >= 11 is 6.14. The highest BCUT2D eigenvalue weighted by Crippen LogP contribution is 2.24. The molecule has 1 atom stereocenters. The van der Waals surface area contributed by atoms with Crippen LogP contribution in [0.3, 0.4) is 0 Å². The lowest BCUT2D eigenvalue weighted by Gasteiger charge is -2.07. The van der Waals surface area contributed by atoms with Crippen molar-refractivity contribution in [3.8, 4) is 0 Å². The summed E-state index contributed by atoms with van der Waals surface area (Å²) in [6.07, 6.45) is 0. The first kappa shape index (κ1) is 14.1. The van der Waals surface area contributed by atoms with Crippen molar-refractivity contribution in [3.05, 3.63) is 71.2 Å². The van der Waals surface area contributed by atoms with Crippen molar-refractivity contribution in [2.24, 2.45) is 0 Å². The lowest BCUT2D eigenvalue weighted by Crippen LogP contribution is -1.98. The highest BCUT2D eigenvalue weighted by atomic mass is 35.5. The minimum Gasteiger partial charge on any atom is -0.399 e. The van der Waals surface area contributed by atoms with Crippen LogP contribution in [0, 0.1) is 0 Å². The molecule has 1 unspecified atom stereocenters. The summed E-state index contributed by atoms with van der Waals surface area (Å²) in [4.78, 5) is 0.807. The third kappa shape index (κ3) is 3.09. The fourth-order valence-electron chi connectivity index (χ4n) is 2.21. The van der Waals surface area contributed by atoms with Crippen LogP contribution in [0.25, 0.3) is 10.8 Å². The van der Waals surface area contributed by atoms with Crippen LogP contribution in [0.5, 0.6) is 0 Å². The summed E-state index contributed by atoms with van der Waals surface area (Å²) in [7, 11) is -1.13. The minimum absolute atomic E-state index is 0.386. The van der Waals surface area contributed by atoms with Gasteiger partial charge in [0.1, 0.15) is 0 Å². The van der Waals surface area contributed by atoms with Crippen molar-refractivity contribution in [2.75, 3.05) is 5.73 Å². The van der Waals surface area contributed by atoms with Gasteiger partial charge in [-0.25, -0.2) is 0 Å². The normalized spacial score (nSPS) is 12.4. The number of hydrogen-bond acceptors (Lipinski definition) is 2. The second-order valence-electron chi connectivity index (χ2n) is 4.85. The number of benzene rings is 3. The molecule has 3 aromatic carbocycles. The van der Waals surface area contributed by atoms with E-state index in [-0.39, 0.29) is 0 Å². The fraction of sp³-hybridized carbons (Fsp3) is 0.0588. The third-order valence-corrected chi connectivity index (χ3v) is 5.05. The van der Waals surface area contributed by atoms with E-state index in [0.29, 0.717) is 16.5 Å². The number of nitrogen functional groups attached to an aromatic ring is 1. The van der Waals surface area contributed by atoms with Gasteiger partial charge in [-0.15, -0.1) is 0 Å². The zero-order valence-electron chi connectivity index (χ0n) is 11.3. The molecule has 3 rings (SSSR count). The Kier molecular flexibility index (Phi) is 3.95. The first-order chi connectivity index (χ1) is 10.1. The second-order valence-corrected chi connectivity index (χ2v) is 6.71. The molecular weight excluding hydrogens is 302 g/mol. The minimum atomic E-state index is -1.13. The Hall–Kier alpha value is -1.84. The maximum Gasteiger partial charge on any atom is 0.0574 e. The van der Waals surface area contributed by atoms with E-state index in [1.807, 2.05) is 48.5 Å². The Bertz CT molecular complexity index is 832. The number of nitrogens with two attached hydrogens (primary N) is 1. The first-order valence-electron chi connectivity index (χ1n) is 6.54. The largest absolute Gasteiger partial charge is 0.399 e. The van der Waals surface area contributed by atoms with E-state index in [2.05, 4.69) is 0 Å². The van der Waals surface area contributed by atoms with Crippen LogP contribution < -0.4 is 5.73 Å². The molecule has 0 amide bonds. The average molecular weight is 316 g/mol. The van der Waals surface area contributed by atoms with E-state index >= 15 is 0 Å². The molecule has 0 aliphatic carbocycles. The van der Waals surface area contributed by atoms with Crippen LogP contribution in [-0.2, 0) is 16.6 Å². The molecule has 0 saturated carbocycles. The predicted octanol–water partition coefficient (Wildman–Crippen LogP) is 4.38. The van der Waals surface area contributed by atoms with Gasteiger partial charge in [-0.05, 0) is 40.6 Å². The number of hydrogen-bond donors (Lipinski definition) is 1. The second kappa shape index (κ2) is 5.88. The SMILES string of the molecule is Nc1ccc(CS(=O)c2ccc3ccccc3c2)c(Cl)c1. The summed E-state index contributed by atoms with van der Waals surface area (Å²) in [6, 6.07) is 19.2. The molecule has 4 heteroatoms. The van der Waals surface area contributed by atoms with Gasteiger partial charge < -0.3 is 5.73 Å². The Labute approximate surface area is 131 Å².